The molecule has 1 aromatic carbocycles. The fourth-order valence-corrected chi connectivity index (χ4v) is 2.55. The Hall–Kier alpha value is -2.34. The molecule has 3 aromatic rings. The summed E-state index contributed by atoms with van der Waals surface area (Å²) in [7, 11) is 0. The highest BCUT2D eigenvalue weighted by atomic mass is 32.1. The van der Waals surface area contributed by atoms with E-state index in [-0.39, 0.29) is 0 Å². The molecule has 3 rings (SSSR count). The first-order valence-corrected chi connectivity index (χ1v) is 6.57. The first-order chi connectivity index (χ1) is 9.58. The summed E-state index contributed by atoms with van der Waals surface area (Å²) in [4.78, 5) is 4.85. The topological polar surface area (TPSA) is 69.6 Å². The van der Waals surface area contributed by atoms with Crippen LogP contribution in [0.5, 0.6) is 0 Å². The second kappa shape index (κ2) is 4.64. The minimum atomic E-state index is 0.310. The lowest BCUT2D eigenvalue weighted by Gasteiger charge is -2.11. The van der Waals surface area contributed by atoms with E-state index in [9.17, 15) is 0 Å². The molecular formula is C14H13N5S. The zero-order valence-electron chi connectivity index (χ0n) is 11.2. The Balaban J connectivity index is 2.37. The minimum absolute atomic E-state index is 0.310. The van der Waals surface area contributed by atoms with Gasteiger partial charge in [0.2, 0.25) is 0 Å². The summed E-state index contributed by atoms with van der Waals surface area (Å²) in [5.41, 5.74) is 10.1. The molecular weight excluding hydrogens is 270 g/mol. The molecule has 5 nitrogen and oxygen atoms in total. The van der Waals surface area contributed by atoms with Crippen molar-refractivity contribution < 1.29 is 0 Å². The van der Waals surface area contributed by atoms with Crippen LogP contribution in [-0.2, 0) is 0 Å². The van der Waals surface area contributed by atoms with Gasteiger partial charge in [0.25, 0.3) is 0 Å². The van der Waals surface area contributed by atoms with Crippen LogP contribution in [0.1, 0.15) is 16.8 Å². The molecule has 0 fully saturated rings. The van der Waals surface area contributed by atoms with Crippen LogP contribution in [0, 0.1) is 13.8 Å². The van der Waals surface area contributed by atoms with E-state index in [4.69, 9.17) is 18.0 Å². The Morgan fingerprint density at radius 3 is 2.75 bits per heavy atom. The van der Waals surface area contributed by atoms with E-state index in [1.54, 1.807) is 4.68 Å². The van der Waals surface area contributed by atoms with Crippen LogP contribution in [0.3, 0.4) is 0 Å². The summed E-state index contributed by atoms with van der Waals surface area (Å²) >= 11 is 5.15. The molecule has 0 saturated carbocycles. The number of aryl methyl sites for hydroxylation is 2. The maximum Gasteiger partial charge on any atom is 0.166 e. The van der Waals surface area contributed by atoms with Crippen molar-refractivity contribution in [3.05, 3.63) is 47.2 Å². The van der Waals surface area contributed by atoms with Crippen LogP contribution in [0.15, 0.2) is 30.3 Å². The number of nitrogens with two attached hydrogens (primary N) is 1. The summed E-state index contributed by atoms with van der Waals surface area (Å²) in [5.74, 6) is 0.628. The molecule has 0 unspecified atom stereocenters. The predicted octanol–water partition coefficient (Wildman–Crippen LogP) is 2.07. The molecule has 100 valence electrons. The summed E-state index contributed by atoms with van der Waals surface area (Å²) in [6, 6.07) is 9.66. The van der Waals surface area contributed by atoms with E-state index in [0.717, 1.165) is 27.9 Å². The number of nitrogens with zero attached hydrogens (tertiary/aromatic N) is 4. The lowest BCUT2D eigenvalue weighted by Crippen LogP contribution is -2.17. The number of pyridine rings is 1. The lowest BCUT2D eigenvalue weighted by molar-refractivity contribution is 0.794. The van der Waals surface area contributed by atoms with Gasteiger partial charge in [0.05, 0.1) is 11.1 Å². The molecule has 6 heteroatoms. The predicted molar refractivity (Wildman–Crippen MR) is 82.0 cm³/mol. The standard InChI is InChI=1S/C14H13N5S/c1-8-7-9(2)16-14(12(8)13(15)20)19-11-6-4-3-5-10(11)17-18-19/h3-7H,1-2H3,(H2,15,20). The van der Waals surface area contributed by atoms with Crippen molar-refractivity contribution in [2.24, 2.45) is 5.73 Å². The van der Waals surface area contributed by atoms with E-state index in [1.807, 2.05) is 44.2 Å². The highest BCUT2D eigenvalue weighted by molar-refractivity contribution is 7.80. The van der Waals surface area contributed by atoms with Gasteiger partial charge in [-0.25, -0.2) is 4.98 Å². The van der Waals surface area contributed by atoms with Crippen molar-refractivity contribution in [3.8, 4) is 5.82 Å². The molecule has 0 saturated heterocycles. The molecule has 2 N–H and O–H groups in total. The van der Waals surface area contributed by atoms with E-state index < -0.39 is 0 Å². The van der Waals surface area contributed by atoms with Gasteiger partial charge in [-0.05, 0) is 37.6 Å². The molecule has 0 aliphatic rings. The monoisotopic (exact) mass is 283 g/mol. The highest BCUT2D eigenvalue weighted by Gasteiger charge is 2.16. The molecule has 0 atom stereocenters. The summed E-state index contributed by atoms with van der Waals surface area (Å²) in [5, 5.41) is 8.32. The van der Waals surface area contributed by atoms with E-state index in [1.165, 1.54) is 0 Å². The third-order valence-electron chi connectivity index (χ3n) is 3.12. The molecule has 0 spiro atoms. The van der Waals surface area contributed by atoms with Gasteiger partial charge in [-0.2, -0.15) is 4.68 Å². The summed E-state index contributed by atoms with van der Waals surface area (Å²) < 4.78 is 1.68. The fourth-order valence-electron chi connectivity index (χ4n) is 2.30. The summed E-state index contributed by atoms with van der Waals surface area (Å²) in [6.07, 6.45) is 0. The van der Waals surface area contributed by atoms with Crippen molar-refractivity contribution >= 4 is 28.2 Å². The molecule has 0 bridgehead atoms. The lowest BCUT2D eigenvalue weighted by atomic mass is 10.1. The van der Waals surface area contributed by atoms with Crippen LogP contribution in [0.25, 0.3) is 16.9 Å². The van der Waals surface area contributed by atoms with Crippen molar-refractivity contribution in [3.63, 3.8) is 0 Å². The van der Waals surface area contributed by atoms with E-state index in [2.05, 4.69) is 15.3 Å². The number of hydrogen-bond acceptors (Lipinski definition) is 4. The Kier molecular flexibility index (Phi) is 2.94. The van der Waals surface area contributed by atoms with E-state index in [0.29, 0.717) is 10.8 Å². The third kappa shape index (κ3) is 1.94. The van der Waals surface area contributed by atoms with Gasteiger partial charge in [0.15, 0.2) is 5.82 Å². The quantitative estimate of drug-likeness (QED) is 0.729. The smallest absolute Gasteiger partial charge is 0.166 e. The van der Waals surface area contributed by atoms with Crippen molar-refractivity contribution in [1.82, 2.24) is 20.0 Å². The fraction of sp³-hybridized carbons (Fsp3) is 0.143. The first-order valence-electron chi connectivity index (χ1n) is 6.17. The molecule has 0 amide bonds. The van der Waals surface area contributed by atoms with Gasteiger partial charge in [-0.1, -0.05) is 29.6 Å². The molecule has 2 heterocycles. The number of thiocarbonyl (C=S) groups is 1. The van der Waals surface area contributed by atoms with Crippen molar-refractivity contribution in [1.29, 1.82) is 0 Å². The normalized spacial score (nSPS) is 10.9. The van der Waals surface area contributed by atoms with Crippen LogP contribution in [0.2, 0.25) is 0 Å². The van der Waals surface area contributed by atoms with Gasteiger partial charge in [-0.15, -0.1) is 5.10 Å². The molecule has 0 aliphatic heterocycles. The number of rotatable bonds is 2. The average Bonchev–Trinajstić information content (AvgIpc) is 2.80. The van der Waals surface area contributed by atoms with Crippen molar-refractivity contribution in [2.75, 3.05) is 0 Å². The maximum absolute atomic E-state index is 5.85. The molecule has 2 aromatic heterocycles. The molecule has 0 aliphatic carbocycles. The number of hydrogen-bond donors (Lipinski definition) is 1. The second-order valence-electron chi connectivity index (χ2n) is 4.63. The van der Waals surface area contributed by atoms with Gasteiger partial charge >= 0.3 is 0 Å². The maximum atomic E-state index is 5.85. The zero-order chi connectivity index (χ0) is 14.3. The number of aromatic nitrogens is 4. The van der Waals surface area contributed by atoms with Gasteiger partial charge in [0, 0.05) is 5.69 Å². The first kappa shape index (κ1) is 12.7. The summed E-state index contributed by atoms with van der Waals surface area (Å²) in [6.45, 7) is 3.89. The average molecular weight is 283 g/mol. The van der Waals surface area contributed by atoms with Crippen molar-refractivity contribution in [2.45, 2.75) is 13.8 Å². The number of fused-ring (bicyclic) bond motifs is 1. The SMILES string of the molecule is Cc1cc(C)c(C(N)=S)c(-n2nnc3ccccc32)n1. The zero-order valence-corrected chi connectivity index (χ0v) is 12.0. The third-order valence-corrected chi connectivity index (χ3v) is 3.33. The Morgan fingerprint density at radius 2 is 2.00 bits per heavy atom. The largest absolute Gasteiger partial charge is 0.389 e. The number of benzene rings is 1. The Bertz CT molecular complexity index is 822. The van der Waals surface area contributed by atoms with Gasteiger partial charge in [-0.3, -0.25) is 0 Å². The van der Waals surface area contributed by atoms with Crippen LogP contribution in [0.4, 0.5) is 0 Å². The van der Waals surface area contributed by atoms with Gasteiger partial charge < -0.3 is 5.73 Å². The Morgan fingerprint density at radius 1 is 1.25 bits per heavy atom. The minimum Gasteiger partial charge on any atom is -0.389 e. The van der Waals surface area contributed by atoms with Crippen LogP contribution in [-0.4, -0.2) is 25.0 Å². The molecule has 0 radical (unpaired) electrons. The highest BCUT2D eigenvalue weighted by Crippen LogP contribution is 2.21. The second-order valence-corrected chi connectivity index (χ2v) is 5.07. The Labute approximate surface area is 121 Å². The number of para-hydroxylation sites is 1. The van der Waals surface area contributed by atoms with E-state index >= 15 is 0 Å². The van der Waals surface area contributed by atoms with Crippen LogP contribution < -0.4 is 5.73 Å². The molecule has 20 heavy (non-hydrogen) atoms. The van der Waals surface area contributed by atoms with Crippen LogP contribution >= 0.6 is 12.2 Å². The van der Waals surface area contributed by atoms with Gasteiger partial charge in [0.1, 0.15) is 10.5 Å².